The van der Waals surface area contributed by atoms with Gasteiger partial charge in [0.1, 0.15) is 18.1 Å². The van der Waals surface area contributed by atoms with Gasteiger partial charge in [-0.3, -0.25) is 28.8 Å². The van der Waals surface area contributed by atoms with E-state index >= 15 is 0 Å². The zero-order valence-electron chi connectivity index (χ0n) is 33.6. The van der Waals surface area contributed by atoms with Crippen LogP contribution < -0.4 is 31.9 Å². The molecule has 7 N–H and O–H groups in total. The Labute approximate surface area is 350 Å². The predicted molar refractivity (Wildman–Crippen MR) is 227 cm³/mol. The summed E-state index contributed by atoms with van der Waals surface area (Å²) in [5.74, 6) is -3.59. The molecule has 14 nitrogen and oxygen atoms in total. The maximum absolute atomic E-state index is 13.5. The summed E-state index contributed by atoms with van der Waals surface area (Å²) in [6.07, 6.45) is 3.40. The highest BCUT2D eigenvalue weighted by Crippen LogP contribution is 2.10. The summed E-state index contributed by atoms with van der Waals surface area (Å²) in [7, 11) is 0. The summed E-state index contributed by atoms with van der Waals surface area (Å²) >= 11 is 0. The van der Waals surface area contributed by atoms with Gasteiger partial charge in [-0.25, -0.2) is 4.79 Å². The Morgan fingerprint density at radius 3 is 1.05 bits per heavy atom. The van der Waals surface area contributed by atoms with Crippen molar-refractivity contribution in [3.05, 3.63) is 144 Å². The molecule has 4 aromatic carbocycles. The second-order valence-electron chi connectivity index (χ2n) is 14.2. The summed E-state index contributed by atoms with van der Waals surface area (Å²) in [5.41, 5.74) is 1.82. The molecule has 0 saturated heterocycles. The molecule has 4 rings (SSSR count). The molecular formula is C46H54N6O8. The third kappa shape index (κ3) is 16.2. The minimum Gasteiger partial charge on any atom is -0.480 e. The second-order valence-corrected chi connectivity index (χ2v) is 14.2. The second kappa shape index (κ2) is 25.5. The van der Waals surface area contributed by atoms with Gasteiger partial charge in [0.05, 0.1) is 0 Å². The fourth-order valence-corrected chi connectivity index (χ4v) is 6.27. The summed E-state index contributed by atoms with van der Waals surface area (Å²) in [6, 6.07) is 31.4. The maximum Gasteiger partial charge on any atom is 0.326 e. The lowest BCUT2D eigenvalue weighted by Gasteiger charge is -2.22. The number of rotatable bonds is 25. The van der Waals surface area contributed by atoms with Crippen LogP contribution in [0.5, 0.6) is 0 Å². The number of unbranched alkanes of at least 4 members (excludes halogenated alkanes) is 3. The van der Waals surface area contributed by atoms with Crippen molar-refractivity contribution in [3.8, 4) is 0 Å². The van der Waals surface area contributed by atoms with E-state index in [1.165, 1.54) is 0 Å². The Kier molecular flexibility index (Phi) is 19.5. The molecule has 3 atom stereocenters. The lowest BCUT2D eigenvalue weighted by molar-refractivity contribution is -0.142. The molecule has 0 heterocycles. The smallest absolute Gasteiger partial charge is 0.326 e. The van der Waals surface area contributed by atoms with E-state index in [0.29, 0.717) is 80.3 Å². The van der Waals surface area contributed by atoms with Gasteiger partial charge in [0.2, 0.25) is 11.8 Å². The Hall–Kier alpha value is -6.83. The van der Waals surface area contributed by atoms with Gasteiger partial charge in [-0.2, -0.15) is 0 Å². The summed E-state index contributed by atoms with van der Waals surface area (Å²) < 4.78 is 0. The van der Waals surface area contributed by atoms with E-state index in [2.05, 4.69) is 31.9 Å². The SMILES string of the molecule is O=C(NCCCC[C@H](NC(=O)c1ccccc1)C(=O)NCCCC[C@H](NC(=O)[C@H](CCCCNC(=O)c1ccccc1)NC(=O)c1ccccc1)C(=O)O)c1ccccc1. The highest BCUT2D eigenvalue weighted by molar-refractivity contribution is 5.99. The van der Waals surface area contributed by atoms with Gasteiger partial charge in [-0.05, 0) is 106 Å². The molecule has 0 radical (unpaired) electrons. The van der Waals surface area contributed by atoms with Crippen LogP contribution in [-0.2, 0) is 14.4 Å². The van der Waals surface area contributed by atoms with Crippen molar-refractivity contribution in [2.75, 3.05) is 19.6 Å². The van der Waals surface area contributed by atoms with Gasteiger partial charge in [0.15, 0.2) is 0 Å². The number of nitrogens with one attached hydrogen (secondary N) is 6. The quantitative estimate of drug-likeness (QED) is 0.0467. The molecule has 0 saturated carbocycles. The van der Waals surface area contributed by atoms with Crippen LogP contribution in [0.3, 0.4) is 0 Å². The van der Waals surface area contributed by atoms with Crippen molar-refractivity contribution >= 4 is 41.4 Å². The number of carboxylic acid groups (broad SMARTS) is 1. The maximum atomic E-state index is 13.5. The van der Waals surface area contributed by atoms with Gasteiger partial charge >= 0.3 is 5.97 Å². The molecule has 0 aliphatic heterocycles. The summed E-state index contributed by atoms with van der Waals surface area (Å²) in [6.45, 7) is 0.934. The van der Waals surface area contributed by atoms with Crippen LogP contribution in [0.25, 0.3) is 0 Å². The third-order valence-electron chi connectivity index (χ3n) is 9.63. The van der Waals surface area contributed by atoms with E-state index in [1.54, 1.807) is 109 Å². The minimum atomic E-state index is -1.25. The van der Waals surface area contributed by atoms with Gasteiger partial charge in [-0.15, -0.1) is 0 Å². The monoisotopic (exact) mass is 818 g/mol. The van der Waals surface area contributed by atoms with Crippen LogP contribution >= 0.6 is 0 Å². The molecule has 6 amide bonds. The number of carbonyl (C=O) groups excluding carboxylic acids is 6. The highest BCUT2D eigenvalue weighted by Gasteiger charge is 2.27. The Balaban J connectivity index is 1.25. The molecule has 0 spiro atoms. The van der Waals surface area contributed by atoms with Gasteiger partial charge in [0.25, 0.3) is 23.6 Å². The predicted octanol–water partition coefficient (Wildman–Crippen LogP) is 4.64. The molecule has 0 aromatic heterocycles. The van der Waals surface area contributed by atoms with Crippen LogP contribution in [0.15, 0.2) is 121 Å². The average Bonchev–Trinajstić information content (AvgIpc) is 3.28. The Bertz CT molecular complexity index is 1980. The van der Waals surface area contributed by atoms with E-state index in [0.717, 1.165) is 0 Å². The van der Waals surface area contributed by atoms with E-state index in [-0.39, 0.29) is 31.2 Å². The van der Waals surface area contributed by atoms with E-state index in [4.69, 9.17) is 0 Å². The first-order valence-corrected chi connectivity index (χ1v) is 20.3. The summed E-state index contributed by atoms with van der Waals surface area (Å²) in [4.78, 5) is 89.8. The first-order chi connectivity index (χ1) is 29.1. The molecule has 4 aromatic rings. The molecule has 0 unspecified atom stereocenters. The number of hydrogen-bond donors (Lipinski definition) is 7. The Morgan fingerprint density at radius 2 is 0.683 bits per heavy atom. The third-order valence-corrected chi connectivity index (χ3v) is 9.63. The number of hydrogen-bond acceptors (Lipinski definition) is 7. The molecule has 14 heteroatoms. The lowest BCUT2D eigenvalue weighted by Crippen LogP contribution is -2.51. The molecule has 0 fully saturated rings. The number of carboxylic acids is 1. The largest absolute Gasteiger partial charge is 0.480 e. The normalized spacial score (nSPS) is 12.1. The van der Waals surface area contributed by atoms with Crippen LogP contribution in [0.2, 0.25) is 0 Å². The highest BCUT2D eigenvalue weighted by atomic mass is 16.4. The minimum absolute atomic E-state index is 0.0602. The van der Waals surface area contributed by atoms with Crippen LogP contribution in [0.4, 0.5) is 0 Å². The van der Waals surface area contributed by atoms with Crippen molar-refractivity contribution < 1.29 is 38.7 Å². The molecule has 0 bridgehead atoms. The zero-order chi connectivity index (χ0) is 43.0. The number of aliphatic carboxylic acids is 1. The standard InChI is InChI=1S/C46H54N6O8/c53-40(33-19-5-1-6-20-33)47-30-16-13-27-37(50-42(55)35-23-9-3-10-24-35)44(57)49-32-18-15-29-39(46(59)60)52-45(58)38(51-43(56)36-25-11-4-12-26-36)28-14-17-31-48-41(54)34-21-7-2-8-22-34/h1-12,19-26,37-39H,13-18,27-32H2,(H,47,53)(H,48,54)(H,49,57)(H,50,55)(H,51,56)(H,52,58)(H,59,60)/t37-,38-,39-/m0/s1. The van der Waals surface area contributed by atoms with Crippen molar-refractivity contribution in [1.29, 1.82) is 0 Å². The Morgan fingerprint density at radius 1 is 0.367 bits per heavy atom. The van der Waals surface area contributed by atoms with Gasteiger partial charge < -0.3 is 37.0 Å². The number of amides is 6. The number of benzene rings is 4. The lowest BCUT2D eigenvalue weighted by atomic mass is 10.0. The van der Waals surface area contributed by atoms with Gasteiger partial charge in [0, 0.05) is 41.9 Å². The number of carbonyl (C=O) groups is 7. The fourth-order valence-electron chi connectivity index (χ4n) is 6.27. The molecule has 0 aliphatic rings. The van der Waals surface area contributed by atoms with Crippen molar-refractivity contribution in [2.24, 2.45) is 0 Å². The van der Waals surface area contributed by atoms with E-state index in [9.17, 15) is 38.7 Å². The fraction of sp³-hybridized carbons (Fsp3) is 0.326. The molecule has 0 aliphatic carbocycles. The average molecular weight is 819 g/mol. The molecule has 60 heavy (non-hydrogen) atoms. The molecular weight excluding hydrogens is 765 g/mol. The summed E-state index contributed by atoms with van der Waals surface area (Å²) in [5, 5.41) is 26.6. The van der Waals surface area contributed by atoms with Crippen molar-refractivity contribution in [2.45, 2.75) is 75.9 Å². The van der Waals surface area contributed by atoms with Crippen LogP contribution in [0, 0.1) is 0 Å². The molecule has 316 valence electrons. The van der Waals surface area contributed by atoms with Crippen molar-refractivity contribution in [1.82, 2.24) is 31.9 Å². The van der Waals surface area contributed by atoms with E-state index < -0.39 is 47.7 Å². The van der Waals surface area contributed by atoms with Crippen LogP contribution in [-0.4, -0.2) is 84.3 Å². The first-order valence-electron chi connectivity index (χ1n) is 20.3. The zero-order valence-corrected chi connectivity index (χ0v) is 33.6. The topological polar surface area (TPSA) is 212 Å². The van der Waals surface area contributed by atoms with Crippen LogP contribution in [0.1, 0.15) is 99.2 Å². The van der Waals surface area contributed by atoms with Crippen molar-refractivity contribution in [3.63, 3.8) is 0 Å². The van der Waals surface area contributed by atoms with E-state index in [1.807, 2.05) is 12.1 Å². The van der Waals surface area contributed by atoms with Gasteiger partial charge in [-0.1, -0.05) is 72.8 Å². The first kappa shape index (κ1) is 45.9.